The van der Waals surface area contributed by atoms with Gasteiger partial charge in [-0.3, -0.25) is 0 Å². The Balaban J connectivity index is 2.95. The van der Waals surface area contributed by atoms with Crippen LogP contribution >= 0.6 is 15.9 Å². The highest BCUT2D eigenvalue weighted by molar-refractivity contribution is 9.10. The van der Waals surface area contributed by atoms with Gasteiger partial charge in [-0.15, -0.1) is 6.42 Å². The van der Waals surface area contributed by atoms with Crippen molar-refractivity contribution < 1.29 is 14.3 Å². The Bertz CT molecular complexity index is 407. The van der Waals surface area contributed by atoms with Crippen molar-refractivity contribution in [2.75, 3.05) is 13.7 Å². The van der Waals surface area contributed by atoms with E-state index in [-0.39, 0.29) is 6.61 Å². The molecule has 0 atom stereocenters. The first-order valence-corrected chi connectivity index (χ1v) is 4.92. The Morgan fingerprint density at radius 1 is 1.53 bits per heavy atom. The van der Waals surface area contributed by atoms with Crippen molar-refractivity contribution in [1.29, 1.82) is 0 Å². The first-order valence-electron chi connectivity index (χ1n) is 4.12. The molecule has 3 nitrogen and oxygen atoms in total. The van der Waals surface area contributed by atoms with Crippen molar-refractivity contribution in [1.82, 2.24) is 0 Å². The molecule has 1 aromatic rings. The van der Waals surface area contributed by atoms with Gasteiger partial charge in [-0.05, 0) is 18.2 Å². The summed E-state index contributed by atoms with van der Waals surface area (Å²) in [5, 5.41) is 0. The number of benzene rings is 1. The molecule has 0 heterocycles. The van der Waals surface area contributed by atoms with Crippen molar-refractivity contribution >= 4 is 21.9 Å². The highest BCUT2D eigenvalue weighted by atomic mass is 79.9. The minimum Gasteiger partial charge on any atom is -0.481 e. The SMILES string of the molecule is C#CCOc1cc(Br)cc(C(=O)OC)c1. The minimum atomic E-state index is -0.415. The van der Waals surface area contributed by atoms with Gasteiger partial charge in [-0.25, -0.2) is 4.79 Å². The Labute approximate surface area is 96.5 Å². The van der Waals surface area contributed by atoms with Crippen LogP contribution in [0.15, 0.2) is 22.7 Å². The van der Waals surface area contributed by atoms with E-state index < -0.39 is 5.97 Å². The molecule has 1 rings (SSSR count). The first-order chi connectivity index (χ1) is 7.17. The van der Waals surface area contributed by atoms with Crippen molar-refractivity contribution in [3.8, 4) is 18.1 Å². The molecule has 0 aromatic heterocycles. The second-order valence-corrected chi connectivity index (χ2v) is 3.58. The van der Waals surface area contributed by atoms with Gasteiger partial charge >= 0.3 is 5.97 Å². The van der Waals surface area contributed by atoms with Gasteiger partial charge in [0, 0.05) is 4.47 Å². The summed E-state index contributed by atoms with van der Waals surface area (Å²) >= 11 is 3.26. The van der Waals surface area contributed by atoms with Crippen LogP contribution < -0.4 is 4.74 Å². The second kappa shape index (κ2) is 5.42. The molecule has 1 aromatic carbocycles. The number of ether oxygens (including phenoxy) is 2. The highest BCUT2D eigenvalue weighted by Crippen LogP contribution is 2.21. The van der Waals surface area contributed by atoms with Gasteiger partial charge in [0.05, 0.1) is 12.7 Å². The zero-order chi connectivity index (χ0) is 11.3. The molecule has 0 unspecified atom stereocenters. The van der Waals surface area contributed by atoms with E-state index in [0.29, 0.717) is 11.3 Å². The van der Waals surface area contributed by atoms with Crippen LogP contribution in [0.3, 0.4) is 0 Å². The Kier molecular flexibility index (Phi) is 4.19. The van der Waals surface area contributed by atoms with E-state index >= 15 is 0 Å². The predicted octanol–water partition coefficient (Wildman–Crippen LogP) is 2.25. The summed E-state index contributed by atoms with van der Waals surface area (Å²) in [4.78, 5) is 11.3. The lowest BCUT2D eigenvalue weighted by atomic mass is 10.2. The lowest BCUT2D eigenvalue weighted by Gasteiger charge is -2.05. The number of carbonyl (C=O) groups is 1. The minimum absolute atomic E-state index is 0.164. The smallest absolute Gasteiger partial charge is 0.338 e. The maximum Gasteiger partial charge on any atom is 0.338 e. The third-order valence-electron chi connectivity index (χ3n) is 1.61. The van der Waals surface area contributed by atoms with E-state index in [1.807, 2.05) is 0 Å². The van der Waals surface area contributed by atoms with Gasteiger partial charge < -0.3 is 9.47 Å². The van der Waals surface area contributed by atoms with Crippen LogP contribution in [0.1, 0.15) is 10.4 Å². The third-order valence-corrected chi connectivity index (χ3v) is 2.07. The third kappa shape index (κ3) is 3.30. The number of methoxy groups -OCH3 is 1. The number of esters is 1. The second-order valence-electron chi connectivity index (χ2n) is 2.66. The van der Waals surface area contributed by atoms with E-state index in [2.05, 4.69) is 26.6 Å². The maximum absolute atomic E-state index is 11.3. The number of hydrogen-bond donors (Lipinski definition) is 0. The van der Waals surface area contributed by atoms with E-state index in [0.717, 1.165) is 4.47 Å². The Morgan fingerprint density at radius 2 is 2.27 bits per heavy atom. The van der Waals surface area contributed by atoms with Crippen LogP contribution in [0.5, 0.6) is 5.75 Å². The van der Waals surface area contributed by atoms with E-state index in [4.69, 9.17) is 11.2 Å². The van der Waals surface area contributed by atoms with E-state index in [1.165, 1.54) is 7.11 Å². The maximum atomic E-state index is 11.3. The molecule has 0 saturated carbocycles. The lowest BCUT2D eigenvalue weighted by molar-refractivity contribution is 0.0600. The van der Waals surface area contributed by atoms with Gasteiger partial charge in [0.15, 0.2) is 0 Å². The largest absolute Gasteiger partial charge is 0.481 e. The monoisotopic (exact) mass is 268 g/mol. The number of halogens is 1. The van der Waals surface area contributed by atoms with Gasteiger partial charge in [0.2, 0.25) is 0 Å². The van der Waals surface area contributed by atoms with Gasteiger partial charge in [-0.2, -0.15) is 0 Å². The standard InChI is InChI=1S/C11H9BrO3/c1-3-4-15-10-6-8(11(13)14-2)5-9(12)7-10/h1,5-7H,4H2,2H3. The van der Waals surface area contributed by atoms with E-state index in [9.17, 15) is 4.79 Å². The fraction of sp³-hybridized carbons (Fsp3) is 0.182. The van der Waals surface area contributed by atoms with Gasteiger partial charge in [-0.1, -0.05) is 21.9 Å². The van der Waals surface area contributed by atoms with Crippen molar-refractivity contribution in [2.24, 2.45) is 0 Å². The molecule has 0 fully saturated rings. The molecule has 0 bridgehead atoms. The molecule has 0 aliphatic carbocycles. The molecule has 4 heteroatoms. The van der Waals surface area contributed by atoms with Crippen LogP contribution in [0.25, 0.3) is 0 Å². The Morgan fingerprint density at radius 3 is 2.87 bits per heavy atom. The number of rotatable bonds is 3. The van der Waals surface area contributed by atoms with Crippen LogP contribution in [0.2, 0.25) is 0 Å². The number of carbonyl (C=O) groups excluding carboxylic acids is 1. The molecule has 0 aliphatic heterocycles. The van der Waals surface area contributed by atoms with Crippen LogP contribution in [-0.2, 0) is 4.74 Å². The van der Waals surface area contributed by atoms with Gasteiger partial charge in [0.25, 0.3) is 0 Å². The van der Waals surface area contributed by atoms with Crippen molar-refractivity contribution in [2.45, 2.75) is 0 Å². The number of hydrogen-bond acceptors (Lipinski definition) is 3. The molecule has 0 spiro atoms. The molecule has 78 valence electrons. The summed E-state index contributed by atoms with van der Waals surface area (Å²) in [5.74, 6) is 2.46. The molecule has 0 amide bonds. The normalized spacial score (nSPS) is 9.13. The molecule has 0 aliphatic rings. The summed E-state index contributed by atoms with van der Waals surface area (Å²) < 4.78 is 10.5. The van der Waals surface area contributed by atoms with Crippen LogP contribution in [-0.4, -0.2) is 19.7 Å². The summed E-state index contributed by atoms with van der Waals surface area (Å²) in [6.45, 7) is 0.164. The molecular weight excluding hydrogens is 260 g/mol. The summed E-state index contributed by atoms with van der Waals surface area (Å²) in [7, 11) is 1.32. The van der Waals surface area contributed by atoms with Crippen LogP contribution in [0, 0.1) is 12.3 Å². The highest BCUT2D eigenvalue weighted by Gasteiger charge is 2.08. The molecule has 0 N–H and O–H groups in total. The summed E-state index contributed by atoms with van der Waals surface area (Å²) in [5.41, 5.74) is 0.416. The van der Waals surface area contributed by atoms with E-state index in [1.54, 1.807) is 18.2 Å². The Hall–Kier alpha value is -1.47. The fourth-order valence-corrected chi connectivity index (χ4v) is 1.48. The van der Waals surface area contributed by atoms with Crippen molar-refractivity contribution in [3.63, 3.8) is 0 Å². The summed E-state index contributed by atoms with van der Waals surface area (Å²) in [6, 6.07) is 4.95. The summed E-state index contributed by atoms with van der Waals surface area (Å²) in [6.07, 6.45) is 5.06. The molecular formula is C11H9BrO3. The first kappa shape index (κ1) is 11.6. The average molecular weight is 269 g/mol. The average Bonchev–Trinajstić information content (AvgIpc) is 2.24. The number of terminal acetylenes is 1. The zero-order valence-corrected chi connectivity index (χ0v) is 9.71. The molecule has 15 heavy (non-hydrogen) atoms. The zero-order valence-electron chi connectivity index (χ0n) is 8.12. The quantitative estimate of drug-likeness (QED) is 0.623. The molecule has 0 saturated heterocycles. The van der Waals surface area contributed by atoms with Crippen molar-refractivity contribution in [3.05, 3.63) is 28.2 Å². The van der Waals surface area contributed by atoms with Crippen LogP contribution in [0.4, 0.5) is 0 Å². The lowest BCUT2D eigenvalue weighted by Crippen LogP contribution is -2.02. The fourth-order valence-electron chi connectivity index (χ4n) is 1.01. The topological polar surface area (TPSA) is 35.5 Å². The predicted molar refractivity (Wildman–Crippen MR) is 59.8 cm³/mol. The van der Waals surface area contributed by atoms with Gasteiger partial charge in [0.1, 0.15) is 12.4 Å². The molecule has 0 radical (unpaired) electrons.